The zero-order valence-electron chi connectivity index (χ0n) is 15.3. The van der Waals surface area contributed by atoms with Crippen molar-refractivity contribution in [1.82, 2.24) is 10.6 Å². The van der Waals surface area contributed by atoms with E-state index in [1.54, 1.807) is 0 Å². The number of halogens is 1. The van der Waals surface area contributed by atoms with Crippen LogP contribution in [0.25, 0.3) is 0 Å². The zero-order valence-corrected chi connectivity index (χ0v) is 16.1. The second-order valence-electron chi connectivity index (χ2n) is 6.76. The summed E-state index contributed by atoms with van der Waals surface area (Å²) in [4.78, 5) is 12.7. The first-order valence-corrected chi connectivity index (χ1v) is 8.93. The molecule has 0 bridgehead atoms. The average molecular weight is 375 g/mol. The summed E-state index contributed by atoms with van der Waals surface area (Å²) < 4.78 is 5.97. The number of para-hydroxylation sites is 1. The van der Waals surface area contributed by atoms with Gasteiger partial charge in [-0.3, -0.25) is 4.79 Å². The van der Waals surface area contributed by atoms with Crippen LogP contribution in [0.2, 0.25) is 0 Å². The maximum Gasteiger partial charge on any atom is 0.255 e. The van der Waals surface area contributed by atoms with E-state index >= 15 is 0 Å². The van der Waals surface area contributed by atoms with Crippen LogP contribution in [0.1, 0.15) is 34.8 Å². The molecule has 0 saturated carbocycles. The summed E-state index contributed by atoms with van der Waals surface area (Å²) in [5.74, 6) is 1.00. The monoisotopic (exact) mass is 374 g/mol. The number of carbonyl (C=O) groups excluding carboxylic acids is 1. The van der Waals surface area contributed by atoms with Gasteiger partial charge in [-0.15, -0.1) is 12.4 Å². The van der Waals surface area contributed by atoms with Crippen LogP contribution in [0.15, 0.2) is 48.5 Å². The summed E-state index contributed by atoms with van der Waals surface area (Å²) in [5.41, 5.74) is 2.92. The van der Waals surface area contributed by atoms with E-state index in [1.165, 1.54) is 5.56 Å². The summed E-state index contributed by atoms with van der Waals surface area (Å²) >= 11 is 0. The van der Waals surface area contributed by atoms with E-state index in [1.807, 2.05) is 36.4 Å². The number of carbonyl (C=O) groups is 1. The molecular formula is C21H27ClN2O2. The summed E-state index contributed by atoms with van der Waals surface area (Å²) in [6.07, 6.45) is 0.957. The fourth-order valence-electron chi connectivity index (χ4n) is 3.18. The van der Waals surface area contributed by atoms with E-state index in [2.05, 4.69) is 36.6 Å². The van der Waals surface area contributed by atoms with Crippen molar-refractivity contribution in [2.24, 2.45) is 5.92 Å². The normalized spacial score (nSPS) is 19.3. The van der Waals surface area contributed by atoms with Gasteiger partial charge in [0.05, 0.1) is 5.56 Å². The van der Waals surface area contributed by atoms with Crippen molar-refractivity contribution in [2.45, 2.75) is 32.9 Å². The standard InChI is InChI=1S/C21H26N2O2.ClH/c1-15-7-3-4-8-17(15)14-25-20-10-6-5-9-18(20)21(24)23-19-11-12-22-13-16(19)2;/h3-10,16,19,22H,11-14H2,1-2H3,(H,23,24);1H. The van der Waals surface area contributed by atoms with Crippen LogP contribution in [0.4, 0.5) is 0 Å². The first-order chi connectivity index (χ1) is 12.1. The molecular weight excluding hydrogens is 348 g/mol. The molecule has 2 atom stereocenters. The predicted octanol–water partition coefficient (Wildman–Crippen LogP) is 3.72. The lowest BCUT2D eigenvalue weighted by molar-refractivity contribution is 0.0909. The van der Waals surface area contributed by atoms with Gasteiger partial charge in [-0.1, -0.05) is 43.3 Å². The molecule has 1 aliphatic rings. The van der Waals surface area contributed by atoms with Crippen molar-refractivity contribution in [3.8, 4) is 5.75 Å². The van der Waals surface area contributed by atoms with Crippen molar-refractivity contribution >= 4 is 18.3 Å². The predicted molar refractivity (Wildman–Crippen MR) is 107 cm³/mol. The van der Waals surface area contributed by atoms with Gasteiger partial charge in [-0.05, 0) is 55.6 Å². The average Bonchev–Trinajstić information content (AvgIpc) is 2.63. The number of rotatable bonds is 5. The third-order valence-corrected chi connectivity index (χ3v) is 4.88. The Bertz CT molecular complexity index is 735. The highest BCUT2D eigenvalue weighted by Gasteiger charge is 2.24. The van der Waals surface area contributed by atoms with Crippen LogP contribution in [0.3, 0.4) is 0 Å². The maximum atomic E-state index is 12.7. The molecule has 1 fully saturated rings. The second-order valence-corrected chi connectivity index (χ2v) is 6.76. The highest BCUT2D eigenvalue weighted by atomic mass is 35.5. The molecule has 1 aliphatic heterocycles. The smallest absolute Gasteiger partial charge is 0.255 e. The van der Waals surface area contributed by atoms with Gasteiger partial charge in [-0.2, -0.15) is 0 Å². The molecule has 0 radical (unpaired) electrons. The summed E-state index contributed by atoms with van der Waals surface area (Å²) in [6.45, 7) is 6.57. The molecule has 1 amide bonds. The van der Waals surface area contributed by atoms with Crippen molar-refractivity contribution in [2.75, 3.05) is 13.1 Å². The van der Waals surface area contributed by atoms with Crippen LogP contribution in [0, 0.1) is 12.8 Å². The Labute approximate surface area is 161 Å². The van der Waals surface area contributed by atoms with E-state index in [0.717, 1.165) is 25.1 Å². The molecule has 4 nitrogen and oxygen atoms in total. The molecule has 0 aliphatic carbocycles. The number of piperidine rings is 1. The Hall–Kier alpha value is -2.04. The van der Waals surface area contributed by atoms with Gasteiger partial charge < -0.3 is 15.4 Å². The minimum absolute atomic E-state index is 0. The molecule has 1 saturated heterocycles. The van der Waals surface area contributed by atoms with E-state index in [4.69, 9.17) is 4.74 Å². The summed E-state index contributed by atoms with van der Waals surface area (Å²) in [6, 6.07) is 15.8. The number of aryl methyl sites for hydroxylation is 1. The van der Waals surface area contributed by atoms with Crippen LogP contribution in [0.5, 0.6) is 5.75 Å². The maximum absolute atomic E-state index is 12.7. The van der Waals surface area contributed by atoms with Gasteiger partial charge >= 0.3 is 0 Å². The fraction of sp³-hybridized carbons (Fsp3) is 0.381. The van der Waals surface area contributed by atoms with Gasteiger partial charge in [-0.25, -0.2) is 0 Å². The second kappa shape index (κ2) is 9.60. The van der Waals surface area contributed by atoms with Crippen molar-refractivity contribution in [3.63, 3.8) is 0 Å². The number of ether oxygens (including phenoxy) is 1. The molecule has 1 heterocycles. The van der Waals surface area contributed by atoms with E-state index < -0.39 is 0 Å². The van der Waals surface area contributed by atoms with Crippen LogP contribution >= 0.6 is 12.4 Å². The molecule has 2 aromatic rings. The molecule has 2 N–H and O–H groups in total. The fourth-order valence-corrected chi connectivity index (χ4v) is 3.18. The van der Waals surface area contributed by atoms with Gasteiger partial charge in [0, 0.05) is 6.04 Å². The topological polar surface area (TPSA) is 50.4 Å². The van der Waals surface area contributed by atoms with Crippen LogP contribution in [-0.4, -0.2) is 25.0 Å². The quantitative estimate of drug-likeness (QED) is 0.838. The number of benzene rings is 2. The largest absolute Gasteiger partial charge is 0.488 e. The lowest BCUT2D eigenvalue weighted by Gasteiger charge is -2.30. The Morgan fingerprint density at radius 2 is 1.92 bits per heavy atom. The highest BCUT2D eigenvalue weighted by Crippen LogP contribution is 2.21. The number of nitrogens with one attached hydrogen (secondary N) is 2. The minimum atomic E-state index is -0.0564. The molecule has 3 rings (SSSR count). The van der Waals surface area contributed by atoms with Crippen molar-refractivity contribution < 1.29 is 9.53 Å². The molecule has 26 heavy (non-hydrogen) atoms. The first-order valence-electron chi connectivity index (χ1n) is 8.93. The van der Waals surface area contributed by atoms with Crippen LogP contribution < -0.4 is 15.4 Å². The van der Waals surface area contributed by atoms with E-state index in [0.29, 0.717) is 23.8 Å². The lowest BCUT2D eigenvalue weighted by Crippen LogP contribution is -2.48. The SMILES string of the molecule is Cc1ccccc1COc1ccccc1C(=O)NC1CCNCC1C.Cl. The minimum Gasteiger partial charge on any atom is -0.488 e. The Morgan fingerprint density at radius 3 is 2.69 bits per heavy atom. The van der Waals surface area contributed by atoms with Gasteiger partial charge in [0.15, 0.2) is 0 Å². The number of hydrogen-bond donors (Lipinski definition) is 2. The molecule has 140 valence electrons. The molecule has 0 spiro atoms. The molecule has 2 unspecified atom stereocenters. The highest BCUT2D eigenvalue weighted by molar-refractivity contribution is 5.97. The first kappa shape index (κ1) is 20.3. The van der Waals surface area contributed by atoms with Gasteiger partial charge in [0.25, 0.3) is 5.91 Å². The molecule has 2 aromatic carbocycles. The van der Waals surface area contributed by atoms with Crippen molar-refractivity contribution in [3.05, 3.63) is 65.2 Å². The van der Waals surface area contributed by atoms with E-state index in [-0.39, 0.29) is 24.4 Å². The Kier molecular flexibility index (Phi) is 7.49. The summed E-state index contributed by atoms with van der Waals surface area (Å²) in [7, 11) is 0. The van der Waals surface area contributed by atoms with Crippen LogP contribution in [-0.2, 0) is 6.61 Å². The lowest BCUT2D eigenvalue weighted by atomic mass is 9.95. The van der Waals surface area contributed by atoms with Gasteiger partial charge in [0.2, 0.25) is 0 Å². The van der Waals surface area contributed by atoms with Gasteiger partial charge in [0.1, 0.15) is 12.4 Å². The zero-order chi connectivity index (χ0) is 17.6. The molecule has 0 aromatic heterocycles. The third-order valence-electron chi connectivity index (χ3n) is 4.88. The number of hydrogen-bond acceptors (Lipinski definition) is 3. The Balaban J connectivity index is 0.00000243. The van der Waals surface area contributed by atoms with E-state index in [9.17, 15) is 4.79 Å². The van der Waals surface area contributed by atoms with Crippen molar-refractivity contribution in [1.29, 1.82) is 0 Å². The third kappa shape index (κ3) is 4.99. The molecule has 5 heteroatoms. The Morgan fingerprint density at radius 1 is 1.19 bits per heavy atom. The number of amides is 1. The summed E-state index contributed by atoms with van der Waals surface area (Å²) in [5, 5.41) is 6.53.